The van der Waals surface area contributed by atoms with Gasteiger partial charge in [-0.15, -0.1) is 0 Å². The lowest BCUT2D eigenvalue weighted by molar-refractivity contribution is 0.188. The largest absolute Gasteiger partial charge is 0.383 e. The van der Waals surface area contributed by atoms with Crippen molar-refractivity contribution in [2.45, 2.75) is 45.8 Å². The molecule has 0 bridgehead atoms. The predicted molar refractivity (Wildman–Crippen MR) is 111 cm³/mol. The molecule has 28 heavy (non-hydrogen) atoms. The number of aromatic amines is 1. The zero-order valence-electron chi connectivity index (χ0n) is 16.9. The van der Waals surface area contributed by atoms with Gasteiger partial charge in [0.15, 0.2) is 0 Å². The predicted octanol–water partition coefficient (Wildman–Crippen LogP) is 3.05. The van der Waals surface area contributed by atoms with Gasteiger partial charge in [-0.05, 0) is 11.6 Å². The Balaban J connectivity index is 1.59. The molecule has 1 aromatic carbocycles. The highest BCUT2D eigenvalue weighted by atomic mass is 16.5. The number of aromatic nitrogens is 3. The zero-order valence-corrected chi connectivity index (χ0v) is 16.9. The Labute approximate surface area is 165 Å². The second kappa shape index (κ2) is 7.89. The van der Waals surface area contributed by atoms with Crippen LogP contribution in [0.5, 0.6) is 0 Å². The first-order valence-corrected chi connectivity index (χ1v) is 9.97. The summed E-state index contributed by atoms with van der Waals surface area (Å²) >= 11 is 0. The van der Waals surface area contributed by atoms with E-state index >= 15 is 0 Å². The topological polar surface area (TPSA) is 63.1 Å². The van der Waals surface area contributed by atoms with Crippen LogP contribution in [0.15, 0.2) is 35.3 Å². The number of para-hydroxylation sites is 1. The van der Waals surface area contributed by atoms with Gasteiger partial charge >= 0.3 is 0 Å². The first kappa shape index (κ1) is 18.9. The highest BCUT2D eigenvalue weighted by Gasteiger charge is 2.22. The molecule has 0 aliphatic carbocycles. The van der Waals surface area contributed by atoms with Crippen molar-refractivity contribution in [3.63, 3.8) is 0 Å². The molecule has 1 aliphatic heterocycles. The van der Waals surface area contributed by atoms with Crippen LogP contribution in [0.3, 0.4) is 0 Å². The van der Waals surface area contributed by atoms with Crippen molar-refractivity contribution in [1.29, 1.82) is 0 Å². The van der Waals surface area contributed by atoms with Crippen LogP contribution in [0.2, 0.25) is 0 Å². The average Bonchev–Trinajstić information content (AvgIpc) is 3.04. The Kier molecular flexibility index (Phi) is 5.33. The number of hydrogen-bond donors (Lipinski definition) is 1. The zero-order chi connectivity index (χ0) is 19.7. The number of H-pyrrole nitrogens is 1. The van der Waals surface area contributed by atoms with Gasteiger partial charge in [0.05, 0.1) is 17.9 Å². The standard InChI is InChI=1S/C22H28N4O2/c1-15(2)21-23-19-8-9-25(14-18(19)22(27)24-21)12-16-13-26(10-11-28-3)20-7-5-4-6-17(16)20/h4-7,13,15H,8-12,14H2,1-3H3,(H,23,24,27). The van der Waals surface area contributed by atoms with Crippen LogP contribution in [0.1, 0.15) is 42.4 Å². The minimum absolute atomic E-state index is 0.0147. The molecule has 0 atom stereocenters. The van der Waals surface area contributed by atoms with E-state index in [4.69, 9.17) is 9.72 Å². The molecule has 0 amide bonds. The van der Waals surface area contributed by atoms with E-state index < -0.39 is 0 Å². The maximum Gasteiger partial charge on any atom is 0.255 e. The summed E-state index contributed by atoms with van der Waals surface area (Å²) in [6, 6.07) is 8.49. The van der Waals surface area contributed by atoms with Gasteiger partial charge in [-0.2, -0.15) is 0 Å². The van der Waals surface area contributed by atoms with Crippen molar-refractivity contribution in [2.24, 2.45) is 0 Å². The Morgan fingerprint density at radius 2 is 2.11 bits per heavy atom. The number of nitrogens with one attached hydrogen (secondary N) is 1. The van der Waals surface area contributed by atoms with Crippen molar-refractivity contribution in [3.05, 3.63) is 63.5 Å². The third kappa shape index (κ3) is 3.62. The van der Waals surface area contributed by atoms with Crippen LogP contribution in [0.25, 0.3) is 10.9 Å². The molecular formula is C22H28N4O2. The minimum atomic E-state index is 0.0147. The van der Waals surface area contributed by atoms with E-state index in [1.807, 2.05) is 0 Å². The van der Waals surface area contributed by atoms with Crippen LogP contribution >= 0.6 is 0 Å². The average molecular weight is 380 g/mol. The molecule has 0 unspecified atom stereocenters. The molecular weight excluding hydrogens is 352 g/mol. The fourth-order valence-electron chi connectivity index (χ4n) is 3.97. The Hall–Kier alpha value is -2.44. The van der Waals surface area contributed by atoms with Crippen molar-refractivity contribution in [2.75, 3.05) is 20.3 Å². The minimum Gasteiger partial charge on any atom is -0.383 e. The lowest BCUT2D eigenvalue weighted by Crippen LogP contribution is -2.35. The summed E-state index contributed by atoms with van der Waals surface area (Å²) in [6.07, 6.45) is 3.05. The first-order valence-electron chi connectivity index (χ1n) is 9.97. The quantitative estimate of drug-likeness (QED) is 0.714. The fourth-order valence-corrected chi connectivity index (χ4v) is 3.97. The molecule has 0 saturated heterocycles. The Bertz CT molecular complexity index is 1030. The van der Waals surface area contributed by atoms with E-state index in [2.05, 4.69) is 58.8 Å². The second-order valence-corrected chi connectivity index (χ2v) is 7.85. The summed E-state index contributed by atoms with van der Waals surface area (Å²) in [5.74, 6) is 1.02. The number of fused-ring (bicyclic) bond motifs is 2. The lowest BCUT2D eigenvalue weighted by atomic mass is 10.0. The van der Waals surface area contributed by atoms with Crippen LogP contribution in [-0.2, 0) is 30.8 Å². The van der Waals surface area contributed by atoms with E-state index in [-0.39, 0.29) is 11.5 Å². The molecule has 148 valence electrons. The van der Waals surface area contributed by atoms with Gasteiger partial charge in [0, 0.05) is 62.7 Å². The van der Waals surface area contributed by atoms with E-state index in [0.29, 0.717) is 13.2 Å². The number of ether oxygens (including phenoxy) is 1. The molecule has 2 aromatic heterocycles. The van der Waals surface area contributed by atoms with E-state index in [0.717, 1.165) is 43.1 Å². The van der Waals surface area contributed by atoms with Crippen molar-refractivity contribution in [1.82, 2.24) is 19.4 Å². The number of hydrogen-bond acceptors (Lipinski definition) is 4. The molecule has 0 fully saturated rings. The summed E-state index contributed by atoms with van der Waals surface area (Å²) in [5, 5.41) is 1.27. The van der Waals surface area contributed by atoms with Crippen LogP contribution in [0.4, 0.5) is 0 Å². The maximum absolute atomic E-state index is 12.6. The molecule has 0 radical (unpaired) electrons. The smallest absolute Gasteiger partial charge is 0.255 e. The van der Waals surface area contributed by atoms with E-state index in [9.17, 15) is 4.79 Å². The van der Waals surface area contributed by atoms with Gasteiger partial charge in [0.25, 0.3) is 5.56 Å². The number of methoxy groups -OCH3 is 1. The SMILES string of the molecule is COCCn1cc(CN2CCc3nc(C(C)C)[nH]c(=O)c3C2)c2ccccc21. The third-order valence-corrected chi connectivity index (χ3v) is 5.51. The molecule has 3 aromatic rings. The molecule has 6 nitrogen and oxygen atoms in total. The lowest BCUT2D eigenvalue weighted by Gasteiger charge is -2.27. The van der Waals surface area contributed by atoms with Crippen LogP contribution < -0.4 is 5.56 Å². The molecule has 3 heterocycles. The summed E-state index contributed by atoms with van der Waals surface area (Å²) in [6.45, 7) is 8.02. The Morgan fingerprint density at radius 3 is 2.89 bits per heavy atom. The van der Waals surface area contributed by atoms with Gasteiger partial charge in [-0.25, -0.2) is 4.98 Å². The molecule has 1 N–H and O–H groups in total. The number of nitrogens with zero attached hydrogens (tertiary/aromatic N) is 3. The maximum atomic E-state index is 12.6. The van der Waals surface area contributed by atoms with Gasteiger partial charge in [-0.3, -0.25) is 9.69 Å². The second-order valence-electron chi connectivity index (χ2n) is 7.85. The van der Waals surface area contributed by atoms with Crippen LogP contribution in [0, 0.1) is 0 Å². The van der Waals surface area contributed by atoms with Crippen molar-refractivity contribution < 1.29 is 4.74 Å². The van der Waals surface area contributed by atoms with E-state index in [1.54, 1.807) is 7.11 Å². The Morgan fingerprint density at radius 1 is 1.29 bits per heavy atom. The molecule has 6 heteroatoms. The summed E-state index contributed by atoms with van der Waals surface area (Å²) in [7, 11) is 1.73. The van der Waals surface area contributed by atoms with Gasteiger partial charge in [-0.1, -0.05) is 32.0 Å². The normalized spacial score (nSPS) is 14.7. The summed E-state index contributed by atoms with van der Waals surface area (Å²) in [5.41, 5.74) is 4.32. The monoisotopic (exact) mass is 380 g/mol. The van der Waals surface area contributed by atoms with E-state index in [1.165, 1.54) is 16.5 Å². The fraction of sp³-hybridized carbons (Fsp3) is 0.455. The van der Waals surface area contributed by atoms with Gasteiger partial charge < -0.3 is 14.3 Å². The van der Waals surface area contributed by atoms with Gasteiger partial charge in [0.2, 0.25) is 0 Å². The molecule has 0 spiro atoms. The van der Waals surface area contributed by atoms with Crippen molar-refractivity contribution >= 4 is 10.9 Å². The van der Waals surface area contributed by atoms with Crippen LogP contribution in [-0.4, -0.2) is 39.7 Å². The third-order valence-electron chi connectivity index (χ3n) is 5.51. The molecule has 0 saturated carbocycles. The number of rotatable bonds is 6. The van der Waals surface area contributed by atoms with Gasteiger partial charge in [0.1, 0.15) is 5.82 Å². The molecule has 1 aliphatic rings. The van der Waals surface area contributed by atoms with Crippen molar-refractivity contribution in [3.8, 4) is 0 Å². The summed E-state index contributed by atoms with van der Waals surface area (Å²) in [4.78, 5) is 22.6. The molecule has 4 rings (SSSR count). The number of benzene rings is 1. The highest BCUT2D eigenvalue weighted by molar-refractivity contribution is 5.83. The highest BCUT2D eigenvalue weighted by Crippen LogP contribution is 2.25. The summed E-state index contributed by atoms with van der Waals surface area (Å²) < 4.78 is 7.52. The first-order chi connectivity index (χ1) is 13.6.